The van der Waals surface area contributed by atoms with Gasteiger partial charge in [0.15, 0.2) is 0 Å². The molecule has 3 heteroatoms. The van der Waals surface area contributed by atoms with Crippen LogP contribution in [0.5, 0.6) is 0 Å². The van der Waals surface area contributed by atoms with Gasteiger partial charge in [-0.15, -0.1) is 0 Å². The Morgan fingerprint density at radius 2 is 1.62 bits per heavy atom. The zero-order valence-electron chi connectivity index (χ0n) is 8.20. The van der Waals surface area contributed by atoms with Crippen molar-refractivity contribution in [2.45, 2.75) is 26.9 Å². The molecule has 0 aromatic carbocycles. The van der Waals surface area contributed by atoms with Crippen molar-refractivity contribution >= 4 is 0 Å². The first-order valence-corrected chi connectivity index (χ1v) is 3.94. The summed E-state index contributed by atoms with van der Waals surface area (Å²) >= 11 is 0. The maximum absolute atomic E-state index is 11.9. The highest BCUT2D eigenvalue weighted by Gasteiger charge is 2.30. The quantitative estimate of drug-likeness (QED) is 0.573. The van der Waals surface area contributed by atoms with Crippen molar-refractivity contribution in [3.8, 4) is 0 Å². The lowest BCUT2D eigenvalue weighted by molar-refractivity contribution is -0.0881. The van der Waals surface area contributed by atoms with Gasteiger partial charge < -0.3 is 0 Å². The van der Waals surface area contributed by atoms with Gasteiger partial charge in [-0.3, -0.25) is 0 Å². The Morgan fingerprint density at radius 3 is 1.69 bits per heavy atom. The van der Waals surface area contributed by atoms with Crippen LogP contribution < -0.4 is 0 Å². The number of rotatable bonds is 2. The molecule has 0 heterocycles. The van der Waals surface area contributed by atoms with Gasteiger partial charge in [-0.1, -0.05) is 38.7 Å². The summed E-state index contributed by atoms with van der Waals surface area (Å²) < 4.78 is 35.7. The van der Waals surface area contributed by atoms with Crippen LogP contribution in [0.1, 0.15) is 20.8 Å². The normalized spacial score (nSPS) is 11.4. The van der Waals surface area contributed by atoms with E-state index in [9.17, 15) is 13.2 Å². The van der Waals surface area contributed by atoms with Crippen molar-refractivity contribution in [3.05, 3.63) is 36.5 Å². The lowest BCUT2D eigenvalue weighted by atomic mass is 10.2. The predicted molar refractivity (Wildman–Crippen MR) is 50.5 cm³/mol. The van der Waals surface area contributed by atoms with E-state index in [4.69, 9.17) is 0 Å². The molecule has 0 rings (SSSR count). The minimum absolute atomic E-state index is 0.359. The summed E-state index contributed by atoms with van der Waals surface area (Å²) in [5.41, 5.74) is -0.401. The van der Waals surface area contributed by atoms with Crippen LogP contribution in [0.15, 0.2) is 36.5 Å². The highest BCUT2D eigenvalue weighted by molar-refractivity contribution is 5.29. The minimum Gasteiger partial charge on any atom is -0.166 e. The number of alkyl halides is 3. The summed E-state index contributed by atoms with van der Waals surface area (Å²) in [7, 11) is 0. The molecule has 0 unspecified atom stereocenters. The van der Waals surface area contributed by atoms with Gasteiger partial charge in [-0.2, -0.15) is 13.2 Å². The van der Waals surface area contributed by atoms with E-state index in [0.29, 0.717) is 5.57 Å². The van der Waals surface area contributed by atoms with Crippen LogP contribution >= 0.6 is 0 Å². The molecule has 0 aliphatic carbocycles. The maximum atomic E-state index is 11.9. The van der Waals surface area contributed by atoms with Crippen LogP contribution in [-0.2, 0) is 0 Å². The average molecular weight is 192 g/mol. The van der Waals surface area contributed by atoms with Crippen LogP contribution in [-0.4, -0.2) is 6.18 Å². The first-order valence-electron chi connectivity index (χ1n) is 3.94. The second-order valence-electron chi connectivity index (χ2n) is 2.15. The molecule has 0 nitrogen and oxygen atoms in total. The molecule has 0 N–H and O–H groups in total. The Bertz CT molecular complexity index is 197. The first-order chi connectivity index (χ1) is 5.88. The second kappa shape index (κ2) is 6.52. The topological polar surface area (TPSA) is 0 Å². The monoisotopic (exact) mass is 192 g/mol. The summed E-state index contributed by atoms with van der Waals surface area (Å²) in [5.74, 6) is 0. The number of hydrogen-bond acceptors (Lipinski definition) is 0. The lowest BCUT2D eigenvalue weighted by Gasteiger charge is -2.06. The van der Waals surface area contributed by atoms with E-state index in [1.165, 1.54) is 6.92 Å². The predicted octanol–water partition coefficient (Wildman–Crippen LogP) is 4.26. The van der Waals surface area contributed by atoms with E-state index >= 15 is 0 Å². The third-order valence-electron chi connectivity index (χ3n) is 0.949. The molecule has 13 heavy (non-hydrogen) atoms. The molecule has 0 spiro atoms. The third-order valence-corrected chi connectivity index (χ3v) is 0.949. The van der Waals surface area contributed by atoms with Crippen LogP contribution in [0.4, 0.5) is 13.2 Å². The number of hydrogen-bond donors (Lipinski definition) is 0. The van der Waals surface area contributed by atoms with E-state index in [-0.39, 0.29) is 0 Å². The standard InChI is InChI=1S/C8H9F3.C2H6/c1-4-7(5-6(2)3)8(9,10)11;1-2/h4-5H,1-2H2,3H3;1-2H3/b7-5+;. The Labute approximate surface area is 77.5 Å². The molecule has 76 valence electrons. The molecule has 0 aliphatic heterocycles. The van der Waals surface area contributed by atoms with Gasteiger partial charge in [0.05, 0.1) is 5.57 Å². The Hall–Kier alpha value is -0.990. The van der Waals surface area contributed by atoms with Gasteiger partial charge in [-0.05, 0) is 13.0 Å². The van der Waals surface area contributed by atoms with E-state index in [1.807, 2.05) is 13.8 Å². The lowest BCUT2D eigenvalue weighted by Crippen LogP contribution is -2.09. The highest BCUT2D eigenvalue weighted by atomic mass is 19.4. The molecule has 0 atom stereocenters. The van der Waals surface area contributed by atoms with Gasteiger partial charge in [0, 0.05) is 0 Å². The van der Waals surface area contributed by atoms with Gasteiger partial charge in [0.25, 0.3) is 0 Å². The fraction of sp³-hybridized carbons (Fsp3) is 0.400. The molecule has 0 saturated carbocycles. The minimum atomic E-state index is -4.32. The second-order valence-corrected chi connectivity index (χ2v) is 2.15. The maximum Gasteiger partial charge on any atom is 0.416 e. The Morgan fingerprint density at radius 1 is 1.23 bits per heavy atom. The fourth-order valence-electron chi connectivity index (χ4n) is 0.522. The molecular weight excluding hydrogens is 177 g/mol. The molecule has 0 radical (unpaired) electrons. The van der Waals surface area contributed by atoms with Crippen molar-refractivity contribution in [1.29, 1.82) is 0 Å². The number of allylic oxidation sites excluding steroid dienone is 4. The van der Waals surface area contributed by atoms with Crippen LogP contribution in [0, 0.1) is 0 Å². The zero-order chi connectivity index (χ0) is 11.1. The molecule has 0 aromatic heterocycles. The fourth-order valence-corrected chi connectivity index (χ4v) is 0.522. The summed E-state index contributed by atoms with van der Waals surface area (Å²) in [6.07, 6.45) is -2.59. The Kier molecular flexibility index (Phi) is 7.28. The summed E-state index contributed by atoms with van der Waals surface area (Å²) in [5, 5.41) is 0. The molecule has 0 saturated heterocycles. The van der Waals surface area contributed by atoms with Crippen LogP contribution in [0.2, 0.25) is 0 Å². The van der Waals surface area contributed by atoms with Crippen molar-refractivity contribution in [2.75, 3.05) is 0 Å². The zero-order valence-corrected chi connectivity index (χ0v) is 8.20. The summed E-state index contributed by atoms with van der Waals surface area (Å²) in [4.78, 5) is 0. The number of halogens is 3. The van der Waals surface area contributed by atoms with Gasteiger partial charge in [0.1, 0.15) is 0 Å². The molecular formula is C10H15F3. The van der Waals surface area contributed by atoms with E-state index < -0.39 is 11.7 Å². The molecule has 0 aromatic rings. The Balaban J connectivity index is 0. The van der Waals surface area contributed by atoms with E-state index in [2.05, 4.69) is 13.2 Å². The molecule has 0 fully saturated rings. The SMILES string of the molecule is C=C/C(=C\C(=C)C)C(F)(F)F.CC. The van der Waals surface area contributed by atoms with E-state index in [1.54, 1.807) is 0 Å². The molecule has 0 aliphatic rings. The van der Waals surface area contributed by atoms with Crippen molar-refractivity contribution in [1.82, 2.24) is 0 Å². The van der Waals surface area contributed by atoms with Crippen molar-refractivity contribution in [3.63, 3.8) is 0 Å². The van der Waals surface area contributed by atoms with Crippen LogP contribution in [0.3, 0.4) is 0 Å². The average Bonchev–Trinajstić information content (AvgIpc) is 2.01. The van der Waals surface area contributed by atoms with Crippen molar-refractivity contribution < 1.29 is 13.2 Å². The van der Waals surface area contributed by atoms with Crippen LogP contribution in [0.25, 0.3) is 0 Å². The largest absolute Gasteiger partial charge is 0.416 e. The van der Waals surface area contributed by atoms with Gasteiger partial charge in [0.2, 0.25) is 0 Å². The first kappa shape index (κ1) is 14.5. The van der Waals surface area contributed by atoms with Crippen molar-refractivity contribution in [2.24, 2.45) is 0 Å². The van der Waals surface area contributed by atoms with Gasteiger partial charge in [-0.25, -0.2) is 0 Å². The smallest absolute Gasteiger partial charge is 0.166 e. The van der Waals surface area contributed by atoms with Gasteiger partial charge >= 0.3 is 6.18 Å². The third kappa shape index (κ3) is 7.37. The molecule has 0 bridgehead atoms. The van der Waals surface area contributed by atoms with E-state index in [0.717, 1.165) is 12.2 Å². The summed E-state index contributed by atoms with van der Waals surface area (Å²) in [6.45, 7) is 11.9. The summed E-state index contributed by atoms with van der Waals surface area (Å²) in [6, 6.07) is 0. The highest BCUT2D eigenvalue weighted by Crippen LogP contribution is 2.26. The molecule has 0 amide bonds.